The van der Waals surface area contributed by atoms with E-state index in [1.54, 1.807) is 72.2 Å². The van der Waals surface area contributed by atoms with Gasteiger partial charge in [-0.15, -0.1) is 0 Å². The number of aryl methyl sites for hydroxylation is 2. The summed E-state index contributed by atoms with van der Waals surface area (Å²) in [5, 5.41) is 4.90. The third kappa shape index (κ3) is 6.01. The van der Waals surface area contributed by atoms with Crippen LogP contribution in [-0.2, 0) is 26.6 Å². The maximum Gasteiger partial charge on any atom is 0.410 e. The average molecular weight is 609 g/mol. The lowest BCUT2D eigenvalue weighted by Crippen LogP contribution is -2.42. The minimum absolute atomic E-state index is 0.122. The Morgan fingerprint density at radius 2 is 1.70 bits per heavy atom. The normalized spacial score (nSPS) is 16.6. The van der Waals surface area contributed by atoms with Gasteiger partial charge in [-0.3, -0.25) is 13.9 Å². The molecular formula is C31H37FN6O4S. The second-order valence-corrected chi connectivity index (χ2v) is 14.5. The SMILES string of the molecule is Cc1cc(-n2nc3c(c2-n2ccn(-c4ccc(CS(C)(=N)=O)cc4)c2=O)[C@H](C)N(C(=O)OC(C)(C)C)CC3)cc(C)c1F. The Hall–Kier alpha value is -4.19. The quantitative estimate of drug-likeness (QED) is 0.317. The lowest BCUT2D eigenvalue weighted by molar-refractivity contribution is 0.0159. The Balaban J connectivity index is 1.66. The van der Waals surface area contributed by atoms with Crippen molar-refractivity contribution >= 4 is 15.8 Å². The maximum absolute atomic E-state index is 14.6. The highest BCUT2D eigenvalue weighted by Crippen LogP contribution is 2.36. The highest BCUT2D eigenvalue weighted by Gasteiger charge is 2.37. The fraction of sp³-hybridized carbons (Fsp3) is 0.387. The summed E-state index contributed by atoms with van der Waals surface area (Å²) in [6.07, 6.45) is 4.69. The molecule has 0 fully saturated rings. The Labute approximate surface area is 250 Å². The van der Waals surface area contributed by atoms with E-state index in [0.717, 1.165) is 11.3 Å². The Bertz CT molecular complexity index is 1860. The number of carbonyl (C=O) groups is 1. The highest BCUT2D eigenvalue weighted by atomic mass is 32.2. The number of benzene rings is 2. The molecule has 0 spiro atoms. The van der Waals surface area contributed by atoms with Gasteiger partial charge in [0.05, 0.1) is 28.9 Å². The topological polar surface area (TPSA) is 115 Å². The molecule has 2 aromatic carbocycles. The number of hydrogen-bond acceptors (Lipinski definition) is 6. The van der Waals surface area contributed by atoms with Gasteiger partial charge in [0.2, 0.25) is 0 Å². The molecule has 1 amide bonds. The number of hydrogen-bond donors (Lipinski definition) is 1. The summed E-state index contributed by atoms with van der Waals surface area (Å²) in [5.74, 6) is 0.279. The number of ether oxygens (including phenoxy) is 1. The van der Waals surface area contributed by atoms with E-state index in [1.807, 2.05) is 27.7 Å². The van der Waals surface area contributed by atoms with Gasteiger partial charge in [0, 0.05) is 46.9 Å². The summed E-state index contributed by atoms with van der Waals surface area (Å²) in [4.78, 5) is 28.8. The number of carbonyl (C=O) groups excluding carboxylic acids is 1. The first-order valence-corrected chi connectivity index (χ1v) is 16.2. The molecule has 3 heterocycles. The monoisotopic (exact) mass is 608 g/mol. The molecule has 1 aliphatic rings. The van der Waals surface area contributed by atoms with Crippen LogP contribution in [0.3, 0.4) is 0 Å². The van der Waals surface area contributed by atoms with Crippen molar-refractivity contribution in [1.82, 2.24) is 23.8 Å². The standard InChI is InChI=1S/C31H37FN6O4S/c1-19-16-24(17-20(2)27(19)32)38-28(26-21(3)35(13-12-25(26)34-38)30(40)42-31(4,5)6)37-15-14-36(29(37)39)23-10-8-22(9-11-23)18-43(7,33)41/h8-11,14-17,21,33H,12-13,18H2,1-7H3/t21-,43?/m0/s1. The van der Waals surface area contributed by atoms with Crippen LogP contribution in [0.5, 0.6) is 0 Å². The number of halogens is 1. The van der Waals surface area contributed by atoms with Crippen molar-refractivity contribution < 1.29 is 18.1 Å². The van der Waals surface area contributed by atoms with Crippen LogP contribution >= 0.6 is 0 Å². The van der Waals surface area contributed by atoms with E-state index in [2.05, 4.69) is 0 Å². The molecule has 0 bridgehead atoms. The molecule has 0 radical (unpaired) electrons. The molecule has 4 aromatic rings. The third-order valence-corrected chi connectivity index (χ3v) is 8.29. The van der Waals surface area contributed by atoms with Crippen molar-refractivity contribution in [2.45, 2.75) is 65.4 Å². The zero-order valence-electron chi connectivity index (χ0n) is 25.5. The van der Waals surface area contributed by atoms with E-state index in [0.29, 0.717) is 46.8 Å². The van der Waals surface area contributed by atoms with Crippen molar-refractivity contribution in [3.05, 3.63) is 93.0 Å². The van der Waals surface area contributed by atoms with Gasteiger partial charge >= 0.3 is 11.8 Å². The zero-order valence-corrected chi connectivity index (χ0v) is 26.3. The second kappa shape index (κ2) is 10.8. The van der Waals surface area contributed by atoms with Gasteiger partial charge in [-0.2, -0.15) is 5.10 Å². The molecule has 1 unspecified atom stereocenters. The van der Waals surface area contributed by atoms with Crippen molar-refractivity contribution in [2.75, 3.05) is 12.8 Å². The summed E-state index contributed by atoms with van der Waals surface area (Å²) in [7, 11) is -2.71. The van der Waals surface area contributed by atoms with Crippen LogP contribution in [-0.4, -0.2) is 52.5 Å². The lowest BCUT2D eigenvalue weighted by atomic mass is 10.00. The summed E-state index contributed by atoms with van der Waals surface area (Å²) in [6.45, 7) is 11.1. The third-order valence-electron chi connectivity index (χ3n) is 7.40. The first-order valence-electron chi connectivity index (χ1n) is 14.0. The first kappa shape index (κ1) is 30.3. The highest BCUT2D eigenvalue weighted by molar-refractivity contribution is 7.90. The van der Waals surface area contributed by atoms with Crippen LogP contribution in [0, 0.1) is 24.4 Å². The van der Waals surface area contributed by atoms with E-state index in [4.69, 9.17) is 14.6 Å². The molecule has 12 heteroatoms. The predicted molar refractivity (Wildman–Crippen MR) is 163 cm³/mol. The lowest BCUT2D eigenvalue weighted by Gasteiger charge is -2.34. The van der Waals surface area contributed by atoms with Gasteiger partial charge in [-0.25, -0.2) is 22.9 Å². The first-order chi connectivity index (χ1) is 20.0. The van der Waals surface area contributed by atoms with E-state index in [9.17, 15) is 18.2 Å². The van der Waals surface area contributed by atoms with Crippen molar-refractivity contribution in [2.24, 2.45) is 0 Å². The van der Waals surface area contributed by atoms with Crippen molar-refractivity contribution in [3.63, 3.8) is 0 Å². The van der Waals surface area contributed by atoms with Crippen LogP contribution in [0.4, 0.5) is 9.18 Å². The molecule has 228 valence electrons. The van der Waals surface area contributed by atoms with Gasteiger partial charge < -0.3 is 9.64 Å². The molecular weight excluding hydrogens is 571 g/mol. The van der Waals surface area contributed by atoms with Crippen LogP contribution in [0.2, 0.25) is 0 Å². The molecule has 2 atom stereocenters. The van der Waals surface area contributed by atoms with E-state index in [1.165, 1.54) is 15.4 Å². The smallest absolute Gasteiger partial charge is 0.410 e. The number of rotatable bonds is 5. The van der Waals surface area contributed by atoms with E-state index >= 15 is 0 Å². The van der Waals surface area contributed by atoms with Crippen LogP contribution in [0.15, 0.2) is 53.6 Å². The second-order valence-electron chi connectivity index (χ2n) is 12.2. The fourth-order valence-corrected chi connectivity index (χ4v) is 6.31. The summed E-state index contributed by atoms with van der Waals surface area (Å²) in [6, 6.07) is 9.94. The van der Waals surface area contributed by atoms with E-state index < -0.39 is 27.5 Å². The van der Waals surface area contributed by atoms with Crippen LogP contribution in [0.1, 0.15) is 61.7 Å². The largest absolute Gasteiger partial charge is 0.444 e. The minimum Gasteiger partial charge on any atom is -0.444 e. The van der Waals surface area contributed by atoms with Gasteiger partial charge in [-0.1, -0.05) is 12.1 Å². The van der Waals surface area contributed by atoms with Gasteiger partial charge in [0.15, 0.2) is 0 Å². The number of aromatic nitrogens is 4. The Morgan fingerprint density at radius 1 is 1.09 bits per heavy atom. The minimum atomic E-state index is -2.71. The Kier molecular flexibility index (Phi) is 7.62. The summed E-state index contributed by atoms with van der Waals surface area (Å²) >= 11 is 0. The van der Waals surface area contributed by atoms with Crippen LogP contribution in [0.25, 0.3) is 17.2 Å². The maximum atomic E-state index is 14.6. The number of fused-ring (bicyclic) bond motifs is 1. The number of imidazole rings is 1. The molecule has 2 aromatic heterocycles. The average Bonchev–Trinajstić information content (AvgIpc) is 3.46. The van der Waals surface area contributed by atoms with Gasteiger partial charge in [-0.05, 0) is 82.5 Å². The number of nitrogens with zero attached hydrogens (tertiary/aromatic N) is 5. The summed E-state index contributed by atoms with van der Waals surface area (Å²) < 4.78 is 44.6. The number of nitrogens with one attached hydrogen (secondary N) is 1. The molecule has 10 nitrogen and oxygen atoms in total. The summed E-state index contributed by atoms with van der Waals surface area (Å²) in [5.41, 5.74) is 3.24. The van der Waals surface area contributed by atoms with Gasteiger partial charge in [0.1, 0.15) is 17.2 Å². The fourth-order valence-electron chi connectivity index (χ4n) is 5.49. The zero-order chi connectivity index (χ0) is 31.4. The molecule has 43 heavy (non-hydrogen) atoms. The van der Waals surface area contributed by atoms with E-state index in [-0.39, 0.29) is 17.3 Å². The van der Waals surface area contributed by atoms with Crippen LogP contribution < -0.4 is 5.69 Å². The predicted octanol–water partition coefficient (Wildman–Crippen LogP) is 5.60. The van der Waals surface area contributed by atoms with Gasteiger partial charge in [0.25, 0.3) is 0 Å². The molecule has 5 rings (SSSR count). The molecule has 0 saturated heterocycles. The molecule has 1 aliphatic heterocycles. The molecule has 0 saturated carbocycles. The number of amides is 1. The molecule has 0 aliphatic carbocycles. The Morgan fingerprint density at radius 3 is 2.28 bits per heavy atom. The van der Waals surface area contributed by atoms with Crippen molar-refractivity contribution in [1.29, 1.82) is 4.78 Å². The molecule has 1 N–H and O–H groups in total. The van der Waals surface area contributed by atoms with Crippen molar-refractivity contribution in [3.8, 4) is 17.2 Å².